The van der Waals surface area contributed by atoms with Gasteiger partial charge in [-0.25, -0.2) is 0 Å². The minimum Gasteiger partial charge on any atom is -0.303 e. The van der Waals surface area contributed by atoms with Crippen molar-refractivity contribution in [1.82, 2.24) is 20.4 Å². The number of carbonyl (C=O) groups is 1. The number of H-pyrrole nitrogens is 2. The van der Waals surface area contributed by atoms with E-state index in [1.807, 2.05) is 18.2 Å². The van der Waals surface area contributed by atoms with Crippen LogP contribution in [0.1, 0.15) is 41.0 Å². The van der Waals surface area contributed by atoms with Crippen molar-refractivity contribution in [3.63, 3.8) is 0 Å². The molecule has 2 aromatic heterocycles. The van der Waals surface area contributed by atoms with E-state index in [1.54, 1.807) is 0 Å². The Morgan fingerprint density at radius 2 is 2.00 bits per heavy atom. The van der Waals surface area contributed by atoms with E-state index in [-0.39, 0.29) is 5.91 Å². The Hall–Kier alpha value is -2.15. The summed E-state index contributed by atoms with van der Waals surface area (Å²) in [5.74, 6) is 0.323. The van der Waals surface area contributed by atoms with Gasteiger partial charge in [0.15, 0.2) is 11.5 Å². The molecule has 0 radical (unpaired) electrons. The van der Waals surface area contributed by atoms with E-state index in [9.17, 15) is 4.79 Å². The Morgan fingerprint density at radius 1 is 1.13 bits per heavy atom. The second kappa shape index (κ2) is 5.81. The first-order valence-electron chi connectivity index (χ1n) is 7.73. The number of aryl methyl sites for hydroxylation is 1. The molecule has 118 valence electrons. The summed E-state index contributed by atoms with van der Waals surface area (Å²) >= 11 is 3.42. The van der Waals surface area contributed by atoms with Gasteiger partial charge in [-0.3, -0.25) is 15.0 Å². The van der Waals surface area contributed by atoms with Crippen LogP contribution in [0.3, 0.4) is 0 Å². The summed E-state index contributed by atoms with van der Waals surface area (Å²) in [4.78, 5) is 12.6. The fourth-order valence-electron chi connectivity index (χ4n) is 3.10. The zero-order chi connectivity index (χ0) is 15.8. The van der Waals surface area contributed by atoms with Crippen molar-refractivity contribution in [2.24, 2.45) is 0 Å². The summed E-state index contributed by atoms with van der Waals surface area (Å²) in [6.07, 6.45) is 5.32. The number of nitrogens with zero attached hydrogens (tertiary/aromatic N) is 2. The summed E-state index contributed by atoms with van der Waals surface area (Å²) in [6, 6.07) is 5.77. The molecule has 6 nitrogen and oxygen atoms in total. The van der Waals surface area contributed by atoms with Gasteiger partial charge in [-0.15, -0.1) is 0 Å². The maximum atomic E-state index is 12.6. The number of amides is 1. The van der Waals surface area contributed by atoms with Gasteiger partial charge in [0.2, 0.25) is 0 Å². The molecule has 1 aromatic carbocycles. The number of aromatic nitrogens is 4. The van der Waals surface area contributed by atoms with Gasteiger partial charge in [0.25, 0.3) is 5.91 Å². The van der Waals surface area contributed by atoms with Gasteiger partial charge in [-0.1, -0.05) is 22.4 Å². The van der Waals surface area contributed by atoms with E-state index in [0.717, 1.165) is 52.3 Å². The van der Waals surface area contributed by atoms with Crippen LogP contribution in [-0.2, 0) is 12.8 Å². The summed E-state index contributed by atoms with van der Waals surface area (Å²) < 4.78 is 0.962. The molecule has 0 aliphatic heterocycles. The number of carbonyl (C=O) groups excluding carboxylic acids is 1. The standard InChI is InChI=1S/C16H16BrN5O/c17-9-6-7-11-13(8-9)20-22-15(11)18-16(23)14-10-4-2-1-3-5-12(10)19-21-14/h6-8H,1-5H2,(H,19,21)(H2,18,20,22,23). The molecule has 0 unspecified atom stereocenters. The molecule has 0 saturated heterocycles. The zero-order valence-electron chi connectivity index (χ0n) is 12.4. The van der Waals surface area contributed by atoms with Gasteiger partial charge < -0.3 is 5.32 Å². The lowest BCUT2D eigenvalue weighted by molar-refractivity contribution is 0.102. The van der Waals surface area contributed by atoms with Gasteiger partial charge >= 0.3 is 0 Å². The number of hydrogen-bond donors (Lipinski definition) is 3. The second-order valence-corrected chi connectivity index (χ2v) is 6.72. The number of hydrogen-bond acceptors (Lipinski definition) is 3. The minimum absolute atomic E-state index is 0.208. The molecule has 0 fully saturated rings. The molecule has 0 atom stereocenters. The molecular weight excluding hydrogens is 358 g/mol. The normalized spacial score (nSPS) is 14.5. The van der Waals surface area contributed by atoms with Crippen LogP contribution in [-0.4, -0.2) is 26.3 Å². The van der Waals surface area contributed by atoms with Crippen molar-refractivity contribution >= 4 is 38.6 Å². The molecule has 3 aromatic rings. The van der Waals surface area contributed by atoms with E-state index in [1.165, 1.54) is 6.42 Å². The third kappa shape index (κ3) is 2.65. The quantitative estimate of drug-likeness (QED) is 0.600. The molecule has 0 spiro atoms. The molecule has 0 bridgehead atoms. The van der Waals surface area contributed by atoms with Gasteiger partial charge in [-0.2, -0.15) is 10.2 Å². The summed E-state index contributed by atoms with van der Waals surface area (Å²) in [6.45, 7) is 0. The number of anilines is 1. The van der Waals surface area contributed by atoms with Crippen LogP contribution in [0.5, 0.6) is 0 Å². The van der Waals surface area contributed by atoms with Gasteiger partial charge in [0.05, 0.1) is 5.52 Å². The number of rotatable bonds is 2. The number of halogens is 1. The Bertz CT molecular complexity index is 882. The number of nitrogens with one attached hydrogen (secondary N) is 3. The summed E-state index contributed by atoms with van der Waals surface area (Å²) in [5.41, 5.74) is 3.52. The van der Waals surface area contributed by atoms with Crippen molar-refractivity contribution < 1.29 is 4.79 Å². The van der Waals surface area contributed by atoms with Crippen molar-refractivity contribution in [3.8, 4) is 0 Å². The summed E-state index contributed by atoms with van der Waals surface area (Å²) in [7, 11) is 0. The molecule has 1 aliphatic rings. The van der Waals surface area contributed by atoms with Crippen molar-refractivity contribution in [3.05, 3.63) is 39.6 Å². The number of aromatic amines is 2. The monoisotopic (exact) mass is 373 g/mol. The molecule has 1 amide bonds. The van der Waals surface area contributed by atoms with Gasteiger partial charge in [0.1, 0.15) is 0 Å². The summed E-state index contributed by atoms with van der Waals surface area (Å²) in [5, 5.41) is 18.1. The SMILES string of the molecule is O=C(Nc1n[nH]c2cc(Br)ccc12)c1n[nH]c2c1CCCCC2. The Morgan fingerprint density at radius 3 is 2.91 bits per heavy atom. The average Bonchev–Trinajstić information content (AvgIpc) is 3.04. The van der Waals surface area contributed by atoms with Crippen LogP contribution in [0.15, 0.2) is 22.7 Å². The van der Waals surface area contributed by atoms with E-state index >= 15 is 0 Å². The van der Waals surface area contributed by atoms with Gasteiger partial charge in [0, 0.05) is 21.1 Å². The highest BCUT2D eigenvalue weighted by Crippen LogP contribution is 2.26. The third-order valence-electron chi connectivity index (χ3n) is 4.28. The van der Waals surface area contributed by atoms with Crippen molar-refractivity contribution in [1.29, 1.82) is 0 Å². The number of benzene rings is 1. The fourth-order valence-corrected chi connectivity index (χ4v) is 3.46. The lowest BCUT2D eigenvalue weighted by atomic mass is 10.1. The highest BCUT2D eigenvalue weighted by Gasteiger charge is 2.22. The van der Waals surface area contributed by atoms with Crippen molar-refractivity contribution in [2.45, 2.75) is 32.1 Å². The zero-order valence-corrected chi connectivity index (χ0v) is 14.0. The van der Waals surface area contributed by atoms with Crippen LogP contribution in [0.25, 0.3) is 10.9 Å². The smallest absolute Gasteiger partial charge is 0.277 e. The molecule has 3 N–H and O–H groups in total. The predicted molar refractivity (Wildman–Crippen MR) is 91.6 cm³/mol. The molecule has 2 heterocycles. The van der Waals surface area contributed by atoms with Crippen LogP contribution in [0, 0.1) is 0 Å². The maximum absolute atomic E-state index is 12.6. The fraction of sp³-hybridized carbons (Fsp3) is 0.312. The van der Waals surface area contributed by atoms with E-state index in [4.69, 9.17) is 0 Å². The van der Waals surface area contributed by atoms with Crippen LogP contribution < -0.4 is 5.32 Å². The van der Waals surface area contributed by atoms with E-state index in [2.05, 4.69) is 41.6 Å². The predicted octanol–water partition coefficient (Wildman–Crippen LogP) is 3.57. The Balaban J connectivity index is 1.63. The average molecular weight is 374 g/mol. The third-order valence-corrected chi connectivity index (χ3v) is 4.77. The topological polar surface area (TPSA) is 86.5 Å². The van der Waals surface area contributed by atoms with E-state index < -0.39 is 0 Å². The van der Waals surface area contributed by atoms with Gasteiger partial charge in [-0.05, 0) is 43.9 Å². The van der Waals surface area contributed by atoms with E-state index in [0.29, 0.717) is 11.5 Å². The molecule has 0 saturated carbocycles. The van der Waals surface area contributed by atoms with Crippen LogP contribution in [0.4, 0.5) is 5.82 Å². The largest absolute Gasteiger partial charge is 0.303 e. The highest BCUT2D eigenvalue weighted by atomic mass is 79.9. The molecular formula is C16H16BrN5O. The minimum atomic E-state index is -0.208. The first-order valence-corrected chi connectivity index (χ1v) is 8.53. The van der Waals surface area contributed by atoms with Crippen molar-refractivity contribution in [2.75, 3.05) is 5.32 Å². The lowest BCUT2D eigenvalue weighted by Gasteiger charge is -2.03. The van der Waals surface area contributed by atoms with Crippen LogP contribution >= 0.6 is 15.9 Å². The first-order chi connectivity index (χ1) is 11.2. The maximum Gasteiger partial charge on any atom is 0.277 e. The number of fused-ring (bicyclic) bond motifs is 2. The molecule has 4 rings (SSSR count). The Labute approximate surface area is 141 Å². The Kier molecular flexibility index (Phi) is 3.65. The van der Waals surface area contributed by atoms with Crippen LogP contribution in [0.2, 0.25) is 0 Å². The molecule has 1 aliphatic carbocycles. The highest BCUT2D eigenvalue weighted by molar-refractivity contribution is 9.10. The second-order valence-electron chi connectivity index (χ2n) is 5.81. The first kappa shape index (κ1) is 14.4. The lowest BCUT2D eigenvalue weighted by Crippen LogP contribution is -2.15. The molecule has 7 heteroatoms. The molecule has 23 heavy (non-hydrogen) atoms.